The first-order valence-corrected chi connectivity index (χ1v) is 8.35. The van der Waals surface area contributed by atoms with E-state index in [4.69, 9.17) is 5.11 Å². The Balaban J connectivity index is 1.92. The van der Waals surface area contributed by atoms with E-state index in [1.54, 1.807) is 0 Å². The minimum atomic E-state index is -3.37. The van der Waals surface area contributed by atoms with Gasteiger partial charge in [-0.25, -0.2) is 0 Å². The van der Waals surface area contributed by atoms with Gasteiger partial charge >= 0.3 is 0 Å². The van der Waals surface area contributed by atoms with Crippen LogP contribution in [-0.4, -0.2) is 43.6 Å². The number of nitrogens with zero attached hydrogens (tertiary/aromatic N) is 1. The lowest BCUT2D eigenvalue weighted by molar-refractivity contribution is 0.163. The number of hydrogen-bond donors (Lipinski definition) is 2. The molecule has 0 aromatic heterocycles. The van der Waals surface area contributed by atoms with Crippen molar-refractivity contribution in [1.29, 1.82) is 0 Å². The highest BCUT2D eigenvalue weighted by Gasteiger charge is 2.32. The van der Waals surface area contributed by atoms with Gasteiger partial charge in [-0.1, -0.05) is 6.42 Å². The Kier molecular flexibility index (Phi) is 4.64. The summed E-state index contributed by atoms with van der Waals surface area (Å²) in [4.78, 5) is 0. The van der Waals surface area contributed by atoms with Crippen molar-refractivity contribution < 1.29 is 13.5 Å². The molecule has 1 aliphatic heterocycles. The lowest BCUT2D eigenvalue weighted by Crippen LogP contribution is -2.51. The molecular weight excluding hydrogens is 252 g/mol. The van der Waals surface area contributed by atoms with Crippen LogP contribution in [0.15, 0.2) is 0 Å². The van der Waals surface area contributed by atoms with Gasteiger partial charge in [0.05, 0.1) is 0 Å². The van der Waals surface area contributed by atoms with Crippen LogP contribution < -0.4 is 4.72 Å². The third kappa shape index (κ3) is 3.23. The quantitative estimate of drug-likeness (QED) is 0.777. The highest BCUT2D eigenvalue weighted by molar-refractivity contribution is 7.87. The Morgan fingerprint density at radius 1 is 1.33 bits per heavy atom. The summed E-state index contributed by atoms with van der Waals surface area (Å²) in [6.45, 7) is 3.05. The molecular formula is C12H24N2O3S. The number of aliphatic hydroxyl groups is 1. The van der Waals surface area contributed by atoms with Gasteiger partial charge in [0.2, 0.25) is 0 Å². The van der Waals surface area contributed by atoms with Crippen LogP contribution in [0.1, 0.15) is 39.0 Å². The summed E-state index contributed by atoms with van der Waals surface area (Å²) in [6.07, 6.45) is 5.23. The number of nitrogens with one attached hydrogen (secondary N) is 1. The molecule has 0 aromatic carbocycles. The third-order valence-electron chi connectivity index (χ3n) is 4.27. The molecule has 2 atom stereocenters. The van der Waals surface area contributed by atoms with Crippen molar-refractivity contribution in [2.24, 2.45) is 11.8 Å². The first kappa shape index (κ1) is 14.2. The number of hydrogen-bond acceptors (Lipinski definition) is 3. The molecule has 5 nitrogen and oxygen atoms in total. The Bertz CT molecular complexity index is 368. The second-order valence-corrected chi connectivity index (χ2v) is 7.35. The van der Waals surface area contributed by atoms with Crippen LogP contribution in [0.2, 0.25) is 0 Å². The van der Waals surface area contributed by atoms with E-state index in [0.717, 1.165) is 25.7 Å². The summed E-state index contributed by atoms with van der Waals surface area (Å²) in [7, 11) is -3.37. The minimum Gasteiger partial charge on any atom is -0.396 e. The van der Waals surface area contributed by atoms with Gasteiger partial charge < -0.3 is 5.11 Å². The summed E-state index contributed by atoms with van der Waals surface area (Å²) < 4.78 is 28.8. The van der Waals surface area contributed by atoms with Gasteiger partial charge in [-0.2, -0.15) is 17.4 Å². The maximum absolute atomic E-state index is 12.2. The van der Waals surface area contributed by atoms with Crippen LogP contribution in [0.4, 0.5) is 0 Å². The Morgan fingerprint density at radius 3 is 2.61 bits per heavy atom. The first-order chi connectivity index (χ1) is 8.53. The van der Waals surface area contributed by atoms with E-state index in [1.807, 2.05) is 6.92 Å². The topological polar surface area (TPSA) is 69.6 Å². The van der Waals surface area contributed by atoms with Crippen LogP contribution >= 0.6 is 0 Å². The fourth-order valence-electron chi connectivity index (χ4n) is 2.74. The summed E-state index contributed by atoms with van der Waals surface area (Å²) in [5.41, 5.74) is 0. The zero-order valence-electron chi connectivity index (χ0n) is 11.0. The molecule has 6 heteroatoms. The van der Waals surface area contributed by atoms with Gasteiger partial charge in [0.15, 0.2) is 0 Å². The van der Waals surface area contributed by atoms with E-state index in [1.165, 1.54) is 10.7 Å². The van der Waals surface area contributed by atoms with Crippen molar-refractivity contribution in [3.05, 3.63) is 0 Å². The van der Waals surface area contributed by atoms with Gasteiger partial charge in [0.25, 0.3) is 10.2 Å². The molecule has 0 radical (unpaired) electrons. The van der Waals surface area contributed by atoms with Crippen LogP contribution in [0, 0.1) is 11.8 Å². The van der Waals surface area contributed by atoms with E-state index >= 15 is 0 Å². The first-order valence-electron chi connectivity index (χ1n) is 6.91. The van der Waals surface area contributed by atoms with E-state index in [0.29, 0.717) is 19.0 Å². The highest BCUT2D eigenvalue weighted by Crippen LogP contribution is 2.30. The van der Waals surface area contributed by atoms with Gasteiger partial charge in [-0.05, 0) is 44.4 Å². The van der Waals surface area contributed by atoms with Crippen LogP contribution in [0.3, 0.4) is 0 Å². The molecule has 2 N–H and O–H groups in total. The SMILES string of the molecule is CC(NS(=O)(=O)N1CCCC(CO)C1)C1CCC1. The fraction of sp³-hybridized carbons (Fsp3) is 1.00. The molecule has 1 saturated heterocycles. The van der Waals surface area contributed by atoms with Crippen molar-refractivity contribution in [3.63, 3.8) is 0 Å². The summed E-state index contributed by atoms with van der Waals surface area (Å²) >= 11 is 0. The smallest absolute Gasteiger partial charge is 0.279 e. The second kappa shape index (κ2) is 5.86. The molecule has 2 aliphatic rings. The summed E-state index contributed by atoms with van der Waals surface area (Å²) in [5.74, 6) is 0.590. The molecule has 1 heterocycles. The van der Waals surface area contributed by atoms with Crippen molar-refractivity contribution in [2.75, 3.05) is 19.7 Å². The maximum Gasteiger partial charge on any atom is 0.279 e. The molecule has 1 aliphatic carbocycles. The zero-order chi connectivity index (χ0) is 13.2. The predicted molar refractivity (Wildman–Crippen MR) is 70.2 cm³/mol. The van der Waals surface area contributed by atoms with E-state index < -0.39 is 10.2 Å². The van der Waals surface area contributed by atoms with Crippen molar-refractivity contribution in [1.82, 2.24) is 9.03 Å². The van der Waals surface area contributed by atoms with E-state index in [2.05, 4.69) is 4.72 Å². The third-order valence-corrected chi connectivity index (χ3v) is 5.95. The molecule has 18 heavy (non-hydrogen) atoms. The highest BCUT2D eigenvalue weighted by atomic mass is 32.2. The molecule has 1 saturated carbocycles. The van der Waals surface area contributed by atoms with Crippen LogP contribution in [-0.2, 0) is 10.2 Å². The maximum atomic E-state index is 12.2. The fourth-order valence-corrected chi connectivity index (χ4v) is 4.33. The minimum absolute atomic E-state index is 0.0262. The van der Waals surface area contributed by atoms with Crippen LogP contribution in [0.25, 0.3) is 0 Å². The number of piperidine rings is 1. The molecule has 106 valence electrons. The molecule has 0 bridgehead atoms. The number of aliphatic hydroxyl groups excluding tert-OH is 1. The predicted octanol–water partition coefficient (Wildman–Crippen LogP) is 0.714. The largest absolute Gasteiger partial charge is 0.396 e. The normalized spacial score (nSPS) is 28.9. The standard InChI is InChI=1S/C12H24N2O3S/c1-10(12-5-2-6-12)13-18(16,17)14-7-3-4-11(8-14)9-15/h10-13,15H,2-9H2,1H3. The van der Waals surface area contributed by atoms with E-state index in [-0.39, 0.29) is 18.6 Å². The Labute approximate surface area is 110 Å². The Hall–Kier alpha value is -0.170. The molecule has 2 rings (SSSR count). The van der Waals surface area contributed by atoms with Gasteiger partial charge in [-0.15, -0.1) is 0 Å². The van der Waals surface area contributed by atoms with Gasteiger partial charge in [-0.3, -0.25) is 0 Å². The lowest BCUT2D eigenvalue weighted by Gasteiger charge is -2.35. The monoisotopic (exact) mass is 276 g/mol. The van der Waals surface area contributed by atoms with Crippen molar-refractivity contribution >= 4 is 10.2 Å². The van der Waals surface area contributed by atoms with E-state index in [9.17, 15) is 8.42 Å². The average molecular weight is 276 g/mol. The summed E-state index contributed by atoms with van der Waals surface area (Å²) in [5, 5.41) is 9.15. The molecule has 0 aromatic rings. The molecule has 0 amide bonds. The van der Waals surface area contributed by atoms with Gasteiger partial charge in [0.1, 0.15) is 0 Å². The molecule has 2 unspecified atom stereocenters. The van der Waals surface area contributed by atoms with Gasteiger partial charge in [0, 0.05) is 25.7 Å². The Morgan fingerprint density at radius 2 is 2.06 bits per heavy atom. The zero-order valence-corrected chi connectivity index (χ0v) is 11.8. The second-order valence-electron chi connectivity index (χ2n) is 5.65. The molecule has 0 spiro atoms. The summed E-state index contributed by atoms with van der Waals surface area (Å²) in [6, 6.07) is 0.0262. The molecule has 2 fully saturated rings. The van der Waals surface area contributed by atoms with Crippen molar-refractivity contribution in [3.8, 4) is 0 Å². The van der Waals surface area contributed by atoms with Crippen LogP contribution in [0.5, 0.6) is 0 Å². The van der Waals surface area contributed by atoms with Crippen molar-refractivity contribution in [2.45, 2.75) is 45.1 Å². The lowest BCUT2D eigenvalue weighted by atomic mass is 9.81. The number of rotatable bonds is 5. The average Bonchev–Trinajstić information content (AvgIpc) is 2.26.